The summed E-state index contributed by atoms with van der Waals surface area (Å²) >= 11 is 34.4. The molecule has 0 radical (unpaired) electrons. The molecule has 17 nitrogen and oxygen atoms in total. The summed E-state index contributed by atoms with van der Waals surface area (Å²) in [5.41, 5.74) is 20.0. The van der Waals surface area contributed by atoms with Gasteiger partial charge in [0.25, 0.3) is 3.25 Å². The third-order valence-corrected chi connectivity index (χ3v) is 13.8. The molecule has 0 aliphatic carbocycles. The van der Waals surface area contributed by atoms with E-state index in [2.05, 4.69) is 117 Å². The number of hydrogen-bond acceptors (Lipinski definition) is 15. The number of aromatic carboxylic acids is 2. The van der Waals surface area contributed by atoms with E-state index in [9.17, 15) is 14.7 Å². The number of halogens is 8. The Morgan fingerprint density at radius 2 is 0.798 bits per heavy atom. The number of benzene rings is 4. The third kappa shape index (κ3) is 49.5. The summed E-state index contributed by atoms with van der Waals surface area (Å²) in [6.07, 6.45) is 0. The van der Waals surface area contributed by atoms with Gasteiger partial charge in [-0.1, -0.05) is 117 Å². The monoisotopic (exact) mass is 1670 g/mol. The van der Waals surface area contributed by atoms with Crippen LogP contribution in [0.4, 0.5) is 0 Å². The van der Waals surface area contributed by atoms with E-state index in [1.54, 1.807) is 52.3 Å². The smallest absolute Gasteiger partial charge is 0.870 e. The summed E-state index contributed by atoms with van der Waals surface area (Å²) < 4.78 is 24.7. The van der Waals surface area contributed by atoms with Crippen LogP contribution in [0.2, 0.25) is 0 Å². The molecule has 0 unspecified atom stereocenters. The zero-order chi connectivity index (χ0) is 74.2. The Bertz CT molecular complexity index is 3450. The van der Waals surface area contributed by atoms with Gasteiger partial charge in [-0.2, -0.15) is 0 Å². The molecule has 6 N–H and O–H groups in total. The average Bonchev–Trinajstić information content (AvgIpc) is 0.843. The number of aliphatic hydroxyl groups is 1. The van der Waals surface area contributed by atoms with Crippen LogP contribution in [-0.2, 0) is 26.1 Å². The van der Waals surface area contributed by atoms with Crippen molar-refractivity contribution in [3.05, 3.63) is 230 Å². The van der Waals surface area contributed by atoms with Gasteiger partial charge in [0.15, 0.2) is 13.6 Å². The molecule has 0 saturated carbocycles. The summed E-state index contributed by atoms with van der Waals surface area (Å²) in [7, 11) is 4.65. The maximum absolute atomic E-state index is 11.0. The van der Waals surface area contributed by atoms with Crippen molar-refractivity contribution in [1.29, 1.82) is 0 Å². The fourth-order valence-electron chi connectivity index (χ4n) is 8.35. The number of methoxy groups -OCH3 is 3. The van der Waals surface area contributed by atoms with Crippen LogP contribution < -0.4 is 39.0 Å². The molecule has 0 fully saturated rings. The number of phenols is 2. The molecule has 0 aliphatic rings. The van der Waals surface area contributed by atoms with Crippen LogP contribution in [0.3, 0.4) is 0 Å². The van der Waals surface area contributed by atoms with Crippen molar-refractivity contribution in [2.75, 3.05) is 41.0 Å². The van der Waals surface area contributed by atoms with E-state index in [1.165, 1.54) is 29.4 Å². The Morgan fingerprint density at radius 1 is 0.465 bits per heavy atom. The minimum atomic E-state index is -1.61. The summed E-state index contributed by atoms with van der Waals surface area (Å²) in [5.74, 6) is 0.0418. The fourth-order valence-corrected chi connectivity index (χ4v) is 10.1. The molecule has 4 heterocycles. The van der Waals surface area contributed by atoms with E-state index in [4.69, 9.17) is 97.4 Å². The molecule has 0 bridgehead atoms. The molecular weight excluding hydrogens is 1580 g/mol. The first-order valence-corrected chi connectivity index (χ1v) is 33.9. The van der Waals surface area contributed by atoms with Crippen LogP contribution in [0.1, 0.15) is 135 Å². The number of aryl methyl sites for hydroxylation is 17. The Morgan fingerprint density at radius 3 is 1.12 bits per heavy atom. The van der Waals surface area contributed by atoms with Gasteiger partial charge >= 0.3 is 41.5 Å². The van der Waals surface area contributed by atoms with Crippen LogP contribution in [0, 0.1) is 118 Å². The van der Waals surface area contributed by atoms with E-state index < -0.39 is 15.2 Å². The van der Waals surface area contributed by atoms with Crippen molar-refractivity contribution < 1.29 is 93.8 Å². The number of rotatable bonds is 11. The minimum Gasteiger partial charge on any atom is -0.870 e. The van der Waals surface area contributed by atoms with Gasteiger partial charge in [0.05, 0.1) is 21.1 Å². The van der Waals surface area contributed by atoms with Crippen LogP contribution in [0.5, 0.6) is 23.0 Å². The molecule has 4 aromatic heterocycles. The van der Waals surface area contributed by atoms with Crippen LogP contribution in [0.15, 0.2) is 112 Å². The van der Waals surface area contributed by atoms with E-state index in [1.807, 2.05) is 139 Å². The van der Waals surface area contributed by atoms with E-state index in [0.29, 0.717) is 28.9 Å². The second-order valence-electron chi connectivity index (χ2n) is 21.5. The average molecular weight is 1680 g/mol. The Hall–Kier alpha value is -4.69. The number of alkyl halides is 6. The van der Waals surface area contributed by atoms with Gasteiger partial charge in [-0.3, -0.25) is 19.9 Å². The number of carbonyl (C=O) groups is 2. The van der Waals surface area contributed by atoms with Crippen LogP contribution in [0.25, 0.3) is 0 Å². The number of ether oxygens (including phenoxy) is 5. The van der Waals surface area contributed by atoms with E-state index >= 15 is 0 Å². The summed E-state index contributed by atoms with van der Waals surface area (Å²) in [4.78, 5) is 38.2. The normalized spacial score (nSPS) is 9.59. The number of carboxylic acids is 2. The first-order valence-electron chi connectivity index (χ1n) is 29.2. The topological polar surface area (TPSA) is 263 Å². The van der Waals surface area contributed by atoms with Crippen molar-refractivity contribution in [2.24, 2.45) is 0 Å². The minimum absolute atomic E-state index is 0. The third-order valence-electron chi connectivity index (χ3n) is 11.7. The van der Waals surface area contributed by atoms with E-state index in [0.717, 1.165) is 105 Å². The Kier molecular flexibility index (Phi) is 58.1. The van der Waals surface area contributed by atoms with E-state index in [-0.39, 0.29) is 68.2 Å². The molecule has 4 aromatic carbocycles. The number of hydrogen-bond donors (Lipinski definition) is 5. The van der Waals surface area contributed by atoms with Gasteiger partial charge in [-0.25, -0.2) is 9.59 Å². The number of phenolic OH excluding ortho intramolecular Hbond substituents is 2. The van der Waals surface area contributed by atoms with Crippen LogP contribution >= 0.6 is 106 Å². The molecule has 99 heavy (non-hydrogen) atoms. The molecule has 544 valence electrons. The maximum Gasteiger partial charge on any atom is 1.00 e. The summed E-state index contributed by atoms with van der Waals surface area (Å²) in [6.45, 7) is 33.5. The van der Waals surface area contributed by atoms with Gasteiger partial charge in [0.2, 0.25) is 0 Å². The molecular formula is C73H97Br3Cl5N4NaO13. The van der Waals surface area contributed by atoms with Crippen LogP contribution in [-0.4, -0.2) is 107 Å². The number of aromatic hydroxyl groups is 2. The standard InChI is InChI=1S/C11H14O4.C10H13BrO2.C8H10BrN.C8H9BrO.C8H9NO2.C8H11NO.C8H11N.C8H10O.C2H5ClO.CCl4.CH4.Na.H2O/c1-7-4-8(2)10(15-6-14-3)9(5-7)11(12)13;1-7-4-8(2)10(9(11)5-7)13-6-12-3;1-6-3-8(5-9)4-7(2)10-6;1-5-3-6(2)8(10)7(9)4-5;1-5-3-7(8(10)11)4-6(2)9-5;1-6-3-8(5-10)4-7(2)9-6;1-6-4-7(2)9-8(3)5-6;1-6-3-4-8(9)7(2)5-6;1-4-2-3;2-1(3,4)5;;;/h4-5H,6H2,1-3H3,(H,12,13);4-5H,6H2,1-3H3;3-4H,5H2,1-2H3;3-4,10H,1-2H3;3-4H,1-2H3,(H,10,11);3-4,10H,5H2,1-2H3;4-5H,1-3H3;3-5,9H,1-2H3;2H2,1H3;;1H4;;1H2/q;;;;;;;;;;;+1;/p-1. The Balaban J connectivity index is -0.000000334. The van der Waals surface area contributed by atoms with Gasteiger partial charge < -0.3 is 54.7 Å². The summed E-state index contributed by atoms with van der Waals surface area (Å²) in [5, 5.41) is 45.6. The number of pyridine rings is 4. The molecule has 0 saturated heterocycles. The first-order chi connectivity index (χ1) is 44.6. The predicted molar refractivity (Wildman–Crippen MR) is 412 cm³/mol. The second-order valence-corrected chi connectivity index (χ2v) is 27.4. The predicted octanol–water partition coefficient (Wildman–Crippen LogP) is 17.8. The van der Waals surface area contributed by atoms with Crippen molar-refractivity contribution in [2.45, 2.75) is 140 Å². The molecule has 0 spiro atoms. The number of nitrogens with zero attached hydrogens (tertiary/aromatic N) is 4. The second kappa shape index (κ2) is 55.9. The van der Waals surface area contributed by atoms with Crippen molar-refractivity contribution >= 4 is 118 Å². The molecule has 26 heteroatoms. The van der Waals surface area contributed by atoms with Crippen molar-refractivity contribution in [3.8, 4) is 23.0 Å². The first kappa shape index (κ1) is 103. The molecule has 8 rings (SSSR count). The molecule has 0 aliphatic heterocycles. The number of aliphatic hydroxyl groups excluding tert-OH is 1. The van der Waals surface area contributed by atoms with Crippen molar-refractivity contribution in [1.82, 2.24) is 19.9 Å². The number of carboxylic acid groups (broad SMARTS) is 2. The molecule has 0 amide bonds. The molecule has 8 aromatic rings. The molecule has 0 atom stereocenters. The van der Waals surface area contributed by atoms with Gasteiger partial charge in [-0.05, 0) is 278 Å². The maximum atomic E-state index is 11.0. The fraction of sp³-hybridized carbons (Fsp3) is 0.370. The summed E-state index contributed by atoms with van der Waals surface area (Å²) in [6, 6.07) is 32.4. The Labute approximate surface area is 659 Å². The van der Waals surface area contributed by atoms with Gasteiger partial charge in [0, 0.05) is 72.2 Å². The zero-order valence-corrected chi connectivity index (χ0v) is 70.2. The quantitative estimate of drug-likeness (QED) is 0.0458. The van der Waals surface area contributed by atoms with Gasteiger partial charge in [-0.15, -0.1) is 0 Å². The van der Waals surface area contributed by atoms with Crippen molar-refractivity contribution in [3.63, 3.8) is 0 Å². The number of aromatic nitrogens is 4. The largest absolute Gasteiger partial charge is 1.00 e. The zero-order valence-electron chi connectivity index (χ0n) is 59.7. The SMILES string of the molecule is C.COCCl.COCOc1c(C)cc(C)cc1Br.COCOc1c(C)cc(C)cc1C(=O)O.Cc1cc(C(=O)O)cc(C)n1.Cc1cc(C)c(O)c(Br)c1.Cc1cc(C)nc(C)c1.Cc1cc(CBr)cc(C)n1.Cc1cc(CO)cc(C)n1.Cc1ccc(O)c(C)c1.ClC(Cl)(Cl)Cl.[Na+].[OH-]. The van der Waals surface area contributed by atoms with Gasteiger partial charge in [0.1, 0.15) is 34.6 Å².